The number of aliphatic hydroxyl groups excluding tert-OH is 1. The number of nitrogens with one attached hydrogen (secondary N) is 1. The summed E-state index contributed by atoms with van der Waals surface area (Å²) in [5.74, 6) is 0.587. The zero-order valence-electron chi connectivity index (χ0n) is 10.4. The minimum atomic E-state index is 0.0581. The van der Waals surface area contributed by atoms with Crippen LogP contribution < -0.4 is 5.32 Å². The molecule has 0 rings (SSSR count). The van der Waals surface area contributed by atoms with E-state index in [1.54, 1.807) is 0 Å². The van der Waals surface area contributed by atoms with E-state index in [2.05, 4.69) is 19.2 Å². The van der Waals surface area contributed by atoms with Crippen LogP contribution in [0, 0.1) is 11.8 Å². The summed E-state index contributed by atoms with van der Waals surface area (Å²) >= 11 is 0. The van der Waals surface area contributed by atoms with E-state index < -0.39 is 0 Å². The molecule has 1 amide bonds. The zero-order chi connectivity index (χ0) is 11.8. The van der Waals surface area contributed by atoms with Crippen molar-refractivity contribution >= 4 is 5.91 Å². The molecule has 90 valence electrons. The summed E-state index contributed by atoms with van der Waals surface area (Å²) in [5.41, 5.74) is 0. The molecule has 2 N–H and O–H groups in total. The lowest BCUT2D eigenvalue weighted by Crippen LogP contribution is -2.40. The van der Waals surface area contributed by atoms with Gasteiger partial charge in [-0.3, -0.25) is 4.79 Å². The summed E-state index contributed by atoms with van der Waals surface area (Å²) in [5, 5.41) is 11.8. The Hall–Kier alpha value is -0.570. The Bertz CT molecular complexity index is 182. The van der Waals surface area contributed by atoms with Crippen molar-refractivity contribution < 1.29 is 9.90 Å². The van der Waals surface area contributed by atoms with Crippen LogP contribution in [-0.4, -0.2) is 23.7 Å². The van der Waals surface area contributed by atoms with Crippen LogP contribution in [0.15, 0.2) is 0 Å². The SMILES string of the molecule is CCC(CCO)NC(=O)C(C)C(C)CC. The van der Waals surface area contributed by atoms with E-state index in [-0.39, 0.29) is 24.5 Å². The van der Waals surface area contributed by atoms with E-state index in [9.17, 15) is 4.79 Å². The normalized spacial score (nSPS) is 16.9. The molecule has 0 aliphatic heterocycles. The first-order valence-electron chi connectivity index (χ1n) is 5.97. The molecule has 3 heteroatoms. The van der Waals surface area contributed by atoms with Crippen molar-refractivity contribution in [1.29, 1.82) is 0 Å². The molecule has 0 saturated carbocycles. The number of carbonyl (C=O) groups is 1. The molecule has 0 spiro atoms. The van der Waals surface area contributed by atoms with Crippen molar-refractivity contribution in [2.75, 3.05) is 6.61 Å². The zero-order valence-corrected chi connectivity index (χ0v) is 10.4. The molecule has 15 heavy (non-hydrogen) atoms. The molecule has 0 aliphatic rings. The second-order valence-electron chi connectivity index (χ2n) is 4.30. The maximum absolute atomic E-state index is 11.8. The maximum atomic E-state index is 11.8. The molecule has 0 aromatic heterocycles. The summed E-state index contributed by atoms with van der Waals surface area (Å²) in [6, 6.07) is 0.119. The number of carbonyl (C=O) groups excluding carboxylic acids is 1. The first kappa shape index (κ1) is 14.4. The van der Waals surface area contributed by atoms with Gasteiger partial charge in [-0.25, -0.2) is 0 Å². The second-order valence-corrected chi connectivity index (χ2v) is 4.30. The van der Waals surface area contributed by atoms with Gasteiger partial charge >= 0.3 is 0 Å². The van der Waals surface area contributed by atoms with Crippen LogP contribution in [0.25, 0.3) is 0 Å². The van der Waals surface area contributed by atoms with Gasteiger partial charge < -0.3 is 10.4 Å². The van der Waals surface area contributed by atoms with Crippen molar-refractivity contribution in [2.24, 2.45) is 11.8 Å². The van der Waals surface area contributed by atoms with Gasteiger partial charge in [0.1, 0.15) is 0 Å². The lowest BCUT2D eigenvalue weighted by atomic mass is 9.92. The van der Waals surface area contributed by atoms with E-state index in [1.165, 1.54) is 0 Å². The molecular weight excluding hydrogens is 190 g/mol. The minimum absolute atomic E-state index is 0.0581. The Kier molecular flexibility index (Phi) is 7.39. The molecule has 0 bridgehead atoms. The van der Waals surface area contributed by atoms with Gasteiger partial charge in [-0.1, -0.05) is 34.1 Å². The molecule has 0 aromatic rings. The minimum Gasteiger partial charge on any atom is -0.396 e. The summed E-state index contributed by atoms with van der Waals surface area (Å²) in [7, 11) is 0. The van der Waals surface area contributed by atoms with Crippen molar-refractivity contribution in [3.05, 3.63) is 0 Å². The van der Waals surface area contributed by atoms with Crippen LogP contribution in [-0.2, 0) is 4.79 Å². The summed E-state index contributed by atoms with van der Waals surface area (Å²) in [4.78, 5) is 11.8. The summed E-state index contributed by atoms with van der Waals surface area (Å²) < 4.78 is 0. The number of amides is 1. The Morgan fingerprint density at radius 3 is 2.27 bits per heavy atom. The quantitative estimate of drug-likeness (QED) is 0.682. The number of rotatable bonds is 7. The van der Waals surface area contributed by atoms with Crippen LogP contribution in [0.2, 0.25) is 0 Å². The first-order chi connectivity index (χ1) is 7.06. The fourth-order valence-electron chi connectivity index (χ4n) is 1.48. The van der Waals surface area contributed by atoms with Crippen molar-refractivity contribution in [2.45, 2.75) is 53.0 Å². The average molecular weight is 215 g/mol. The Morgan fingerprint density at radius 1 is 1.27 bits per heavy atom. The highest BCUT2D eigenvalue weighted by atomic mass is 16.3. The van der Waals surface area contributed by atoms with E-state index in [0.717, 1.165) is 12.8 Å². The fourth-order valence-corrected chi connectivity index (χ4v) is 1.48. The van der Waals surface area contributed by atoms with E-state index in [0.29, 0.717) is 12.3 Å². The molecule has 0 aromatic carbocycles. The van der Waals surface area contributed by atoms with Gasteiger partial charge in [0, 0.05) is 18.6 Å². The van der Waals surface area contributed by atoms with Gasteiger partial charge in [-0.05, 0) is 18.8 Å². The molecule has 0 aliphatic carbocycles. The first-order valence-corrected chi connectivity index (χ1v) is 5.97. The van der Waals surface area contributed by atoms with Crippen molar-refractivity contribution in [3.8, 4) is 0 Å². The smallest absolute Gasteiger partial charge is 0.223 e. The largest absolute Gasteiger partial charge is 0.396 e. The van der Waals surface area contributed by atoms with Gasteiger partial charge in [-0.2, -0.15) is 0 Å². The third-order valence-corrected chi connectivity index (χ3v) is 3.23. The van der Waals surface area contributed by atoms with E-state index in [1.807, 2.05) is 13.8 Å². The van der Waals surface area contributed by atoms with Crippen LogP contribution in [0.5, 0.6) is 0 Å². The van der Waals surface area contributed by atoms with Crippen LogP contribution >= 0.6 is 0 Å². The molecular formula is C12H25NO2. The topological polar surface area (TPSA) is 49.3 Å². The van der Waals surface area contributed by atoms with Crippen molar-refractivity contribution in [3.63, 3.8) is 0 Å². The van der Waals surface area contributed by atoms with Gasteiger partial charge in [0.2, 0.25) is 5.91 Å². The third kappa shape index (κ3) is 5.17. The predicted molar refractivity (Wildman–Crippen MR) is 62.5 cm³/mol. The highest BCUT2D eigenvalue weighted by Gasteiger charge is 2.20. The van der Waals surface area contributed by atoms with E-state index >= 15 is 0 Å². The molecule has 0 fully saturated rings. The van der Waals surface area contributed by atoms with Gasteiger partial charge in [0.05, 0.1) is 0 Å². The Morgan fingerprint density at radius 2 is 1.87 bits per heavy atom. The van der Waals surface area contributed by atoms with E-state index in [4.69, 9.17) is 5.11 Å². The number of aliphatic hydroxyl groups is 1. The number of hydrogen-bond donors (Lipinski definition) is 2. The third-order valence-electron chi connectivity index (χ3n) is 3.23. The van der Waals surface area contributed by atoms with Crippen LogP contribution in [0.3, 0.4) is 0 Å². The molecule has 3 unspecified atom stereocenters. The lowest BCUT2D eigenvalue weighted by Gasteiger charge is -2.22. The standard InChI is InChI=1S/C12H25NO2/c1-5-9(3)10(4)12(15)13-11(6-2)7-8-14/h9-11,14H,5-8H2,1-4H3,(H,13,15). The van der Waals surface area contributed by atoms with Gasteiger partial charge in [0.25, 0.3) is 0 Å². The highest BCUT2D eigenvalue weighted by molar-refractivity contribution is 5.78. The molecule has 3 nitrogen and oxygen atoms in total. The van der Waals surface area contributed by atoms with Gasteiger partial charge in [0.15, 0.2) is 0 Å². The number of hydrogen-bond acceptors (Lipinski definition) is 2. The summed E-state index contributed by atoms with van der Waals surface area (Å²) in [6.07, 6.45) is 2.54. The monoisotopic (exact) mass is 215 g/mol. The molecule has 3 atom stereocenters. The van der Waals surface area contributed by atoms with Crippen LogP contribution in [0.1, 0.15) is 47.0 Å². The lowest BCUT2D eigenvalue weighted by molar-refractivity contribution is -0.126. The second kappa shape index (κ2) is 7.69. The Labute approximate surface area is 93.3 Å². The van der Waals surface area contributed by atoms with Crippen LogP contribution in [0.4, 0.5) is 0 Å². The maximum Gasteiger partial charge on any atom is 0.223 e. The predicted octanol–water partition coefficient (Wildman–Crippen LogP) is 1.95. The fraction of sp³-hybridized carbons (Fsp3) is 0.917. The molecule has 0 heterocycles. The molecule has 0 saturated heterocycles. The highest BCUT2D eigenvalue weighted by Crippen LogP contribution is 2.15. The van der Waals surface area contributed by atoms with Crippen molar-refractivity contribution in [1.82, 2.24) is 5.32 Å². The Balaban J connectivity index is 4.09. The average Bonchev–Trinajstić information content (AvgIpc) is 2.26. The van der Waals surface area contributed by atoms with Gasteiger partial charge in [-0.15, -0.1) is 0 Å². The molecule has 0 radical (unpaired) electrons. The summed E-state index contributed by atoms with van der Waals surface area (Å²) in [6.45, 7) is 8.32.